The predicted octanol–water partition coefficient (Wildman–Crippen LogP) is 3.52. The third-order valence-corrected chi connectivity index (χ3v) is 3.42. The lowest BCUT2D eigenvalue weighted by Gasteiger charge is -2.11. The zero-order valence-corrected chi connectivity index (χ0v) is 12.5. The number of nitro benzene ring substituents is 1. The molecule has 2 rings (SSSR count). The summed E-state index contributed by atoms with van der Waals surface area (Å²) in [5, 5.41) is 14.2. The van der Waals surface area contributed by atoms with Gasteiger partial charge in [0, 0.05) is 30.7 Å². The lowest BCUT2D eigenvalue weighted by atomic mass is 10.2. The van der Waals surface area contributed by atoms with Gasteiger partial charge in [-0.3, -0.25) is 10.1 Å². The van der Waals surface area contributed by atoms with Crippen molar-refractivity contribution in [2.75, 3.05) is 5.32 Å². The van der Waals surface area contributed by atoms with Crippen LogP contribution in [0.3, 0.4) is 0 Å². The molecule has 1 heterocycles. The van der Waals surface area contributed by atoms with Crippen LogP contribution in [0, 0.1) is 17.0 Å². The number of nitrogens with one attached hydrogen (secondary N) is 1. The van der Waals surface area contributed by atoms with Crippen LogP contribution in [0.2, 0.25) is 5.15 Å². The SMILES string of the molecule is CCc1nc(Cl)c(C)c(NCc2ccc([N+](=O)[O-])cc2)n1. The minimum atomic E-state index is -0.418. The molecule has 7 heteroatoms. The molecule has 1 aromatic carbocycles. The minimum absolute atomic E-state index is 0.0771. The molecule has 0 saturated carbocycles. The molecule has 0 aliphatic rings. The Balaban J connectivity index is 2.12. The number of aryl methyl sites for hydroxylation is 1. The first-order chi connectivity index (χ1) is 10.0. The number of anilines is 1. The first kappa shape index (κ1) is 15.2. The average Bonchev–Trinajstić information content (AvgIpc) is 2.49. The summed E-state index contributed by atoms with van der Waals surface area (Å²) in [6.45, 7) is 4.32. The largest absolute Gasteiger partial charge is 0.366 e. The van der Waals surface area contributed by atoms with Gasteiger partial charge in [0.25, 0.3) is 5.69 Å². The van der Waals surface area contributed by atoms with Crippen LogP contribution in [0.25, 0.3) is 0 Å². The first-order valence-corrected chi connectivity index (χ1v) is 6.89. The van der Waals surface area contributed by atoms with Crippen molar-refractivity contribution in [2.24, 2.45) is 0 Å². The summed E-state index contributed by atoms with van der Waals surface area (Å²) in [5.41, 5.74) is 1.79. The third kappa shape index (κ3) is 3.66. The average molecular weight is 307 g/mol. The zero-order chi connectivity index (χ0) is 15.4. The highest BCUT2D eigenvalue weighted by Gasteiger charge is 2.09. The van der Waals surface area contributed by atoms with Gasteiger partial charge in [0.1, 0.15) is 16.8 Å². The van der Waals surface area contributed by atoms with Crippen molar-refractivity contribution >= 4 is 23.1 Å². The van der Waals surface area contributed by atoms with Crippen LogP contribution in [-0.2, 0) is 13.0 Å². The van der Waals surface area contributed by atoms with E-state index >= 15 is 0 Å². The molecule has 0 atom stereocenters. The molecular formula is C14H15ClN4O2. The van der Waals surface area contributed by atoms with Crippen LogP contribution in [0.4, 0.5) is 11.5 Å². The van der Waals surface area contributed by atoms with Crippen molar-refractivity contribution in [3.8, 4) is 0 Å². The molecule has 0 aliphatic heterocycles. The highest BCUT2D eigenvalue weighted by molar-refractivity contribution is 6.30. The van der Waals surface area contributed by atoms with Crippen molar-refractivity contribution in [1.82, 2.24) is 9.97 Å². The molecule has 110 valence electrons. The molecule has 6 nitrogen and oxygen atoms in total. The maximum atomic E-state index is 10.6. The fourth-order valence-corrected chi connectivity index (χ4v) is 1.97. The number of hydrogen-bond donors (Lipinski definition) is 1. The van der Waals surface area contributed by atoms with Gasteiger partial charge in [-0.1, -0.05) is 30.7 Å². The van der Waals surface area contributed by atoms with E-state index in [-0.39, 0.29) is 5.69 Å². The van der Waals surface area contributed by atoms with Crippen molar-refractivity contribution < 1.29 is 4.92 Å². The van der Waals surface area contributed by atoms with Crippen LogP contribution < -0.4 is 5.32 Å². The van der Waals surface area contributed by atoms with Gasteiger partial charge >= 0.3 is 0 Å². The Labute approximate surface area is 127 Å². The second-order valence-corrected chi connectivity index (χ2v) is 4.89. The number of nitro groups is 1. The molecule has 0 radical (unpaired) electrons. The Kier molecular flexibility index (Phi) is 4.70. The number of halogens is 1. The molecule has 21 heavy (non-hydrogen) atoms. The molecular weight excluding hydrogens is 292 g/mol. The molecule has 0 saturated heterocycles. The topological polar surface area (TPSA) is 81.0 Å². The molecule has 0 spiro atoms. The molecule has 0 fully saturated rings. The van der Waals surface area contributed by atoms with Gasteiger partial charge in [0.05, 0.1) is 4.92 Å². The number of benzene rings is 1. The fourth-order valence-electron chi connectivity index (χ4n) is 1.78. The smallest absolute Gasteiger partial charge is 0.269 e. The summed E-state index contributed by atoms with van der Waals surface area (Å²) < 4.78 is 0. The van der Waals surface area contributed by atoms with Crippen molar-refractivity contribution in [2.45, 2.75) is 26.8 Å². The van der Waals surface area contributed by atoms with Gasteiger partial charge in [0.2, 0.25) is 0 Å². The van der Waals surface area contributed by atoms with E-state index in [0.717, 1.165) is 11.1 Å². The van der Waals surface area contributed by atoms with Crippen molar-refractivity contribution in [3.05, 3.63) is 56.5 Å². The second kappa shape index (κ2) is 6.49. The summed E-state index contributed by atoms with van der Waals surface area (Å²) in [6, 6.07) is 6.39. The Morgan fingerprint density at radius 1 is 1.29 bits per heavy atom. The Hall–Kier alpha value is -2.21. The van der Waals surface area contributed by atoms with E-state index in [9.17, 15) is 10.1 Å². The molecule has 0 unspecified atom stereocenters. The monoisotopic (exact) mass is 306 g/mol. The normalized spacial score (nSPS) is 10.4. The van der Waals surface area contributed by atoms with Crippen LogP contribution in [-0.4, -0.2) is 14.9 Å². The number of aromatic nitrogens is 2. The van der Waals surface area contributed by atoms with Crippen LogP contribution in [0.1, 0.15) is 23.9 Å². The predicted molar refractivity (Wildman–Crippen MR) is 81.6 cm³/mol. The Morgan fingerprint density at radius 2 is 1.95 bits per heavy atom. The van der Waals surface area contributed by atoms with Crippen molar-refractivity contribution in [1.29, 1.82) is 0 Å². The maximum absolute atomic E-state index is 10.6. The van der Waals surface area contributed by atoms with Gasteiger partial charge in [-0.15, -0.1) is 0 Å². The van der Waals surface area contributed by atoms with E-state index in [1.165, 1.54) is 12.1 Å². The van der Waals surface area contributed by atoms with Crippen LogP contribution >= 0.6 is 11.6 Å². The summed E-state index contributed by atoms with van der Waals surface area (Å²) in [6.07, 6.45) is 0.701. The summed E-state index contributed by atoms with van der Waals surface area (Å²) in [4.78, 5) is 18.8. The van der Waals surface area contributed by atoms with E-state index in [4.69, 9.17) is 11.6 Å². The second-order valence-electron chi connectivity index (χ2n) is 4.53. The van der Waals surface area contributed by atoms with E-state index in [1.807, 2.05) is 13.8 Å². The number of nitrogens with zero attached hydrogens (tertiary/aromatic N) is 3. The number of hydrogen-bond acceptors (Lipinski definition) is 5. The maximum Gasteiger partial charge on any atom is 0.269 e. The molecule has 0 bridgehead atoms. The fraction of sp³-hybridized carbons (Fsp3) is 0.286. The summed E-state index contributed by atoms with van der Waals surface area (Å²) >= 11 is 6.07. The molecule has 0 aliphatic carbocycles. The lowest BCUT2D eigenvalue weighted by molar-refractivity contribution is -0.384. The van der Waals surface area contributed by atoms with E-state index in [1.54, 1.807) is 12.1 Å². The van der Waals surface area contributed by atoms with Gasteiger partial charge < -0.3 is 5.32 Å². The lowest BCUT2D eigenvalue weighted by Crippen LogP contribution is -2.07. The van der Waals surface area contributed by atoms with Gasteiger partial charge in [-0.25, -0.2) is 9.97 Å². The molecule has 0 amide bonds. The Bertz CT molecular complexity index is 659. The highest BCUT2D eigenvalue weighted by atomic mass is 35.5. The van der Waals surface area contributed by atoms with E-state index < -0.39 is 4.92 Å². The quantitative estimate of drug-likeness (QED) is 0.519. The first-order valence-electron chi connectivity index (χ1n) is 6.51. The van der Waals surface area contributed by atoms with E-state index in [0.29, 0.717) is 29.8 Å². The van der Waals surface area contributed by atoms with Gasteiger partial charge in [0.15, 0.2) is 0 Å². The molecule has 2 aromatic rings. The Morgan fingerprint density at radius 3 is 2.52 bits per heavy atom. The van der Waals surface area contributed by atoms with Gasteiger partial charge in [-0.2, -0.15) is 0 Å². The standard InChI is InChI=1S/C14H15ClN4O2/c1-3-12-17-13(15)9(2)14(18-12)16-8-10-4-6-11(7-5-10)19(20)21/h4-7H,3,8H2,1-2H3,(H,16,17,18). The summed E-state index contributed by atoms with van der Waals surface area (Å²) in [5.74, 6) is 1.36. The highest BCUT2D eigenvalue weighted by Crippen LogP contribution is 2.21. The third-order valence-electron chi connectivity index (χ3n) is 3.06. The molecule has 1 aromatic heterocycles. The number of non-ortho nitro benzene ring substituents is 1. The van der Waals surface area contributed by atoms with Crippen LogP contribution in [0.15, 0.2) is 24.3 Å². The summed E-state index contributed by atoms with van der Waals surface area (Å²) in [7, 11) is 0. The minimum Gasteiger partial charge on any atom is -0.366 e. The van der Waals surface area contributed by atoms with Crippen LogP contribution in [0.5, 0.6) is 0 Å². The zero-order valence-electron chi connectivity index (χ0n) is 11.8. The van der Waals surface area contributed by atoms with Crippen molar-refractivity contribution in [3.63, 3.8) is 0 Å². The molecule has 1 N–H and O–H groups in total. The number of rotatable bonds is 5. The van der Waals surface area contributed by atoms with Gasteiger partial charge in [-0.05, 0) is 12.5 Å². The van der Waals surface area contributed by atoms with E-state index in [2.05, 4.69) is 15.3 Å².